The summed E-state index contributed by atoms with van der Waals surface area (Å²) in [5.74, 6) is 0.375. The molecule has 0 saturated carbocycles. The molecule has 2 saturated heterocycles. The first-order valence-electron chi connectivity index (χ1n) is 7.43. The van der Waals surface area contributed by atoms with E-state index in [0.717, 1.165) is 29.5 Å². The molecule has 1 aromatic rings. The minimum absolute atomic E-state index is 0.00704. The third-order valence-electron chi connectivity index (χ3n) is 4.37. The first kappa shape index (κ1) is 15.0. The molecule has 6 heteroatoms. The van der Waals surface area contributed by atoms with Crippen molar-refractivity contribution in [1.29, 1.82) is 0 Å². The zero-order chi connectivity index (χ0) is 14.8. The smallest absolute Gasteiger partial charge is 0.239 e. The van der Waals surface area contributed by atoms with E-state index in [9.17, 15) is 4.79 Å². The molecule has 4 unspecified atom stereocenters. The van der Waals surface area contributed by atoms with Gasteiger partial charge in [0.05, 0.1) is 6.04 Å². The summed E-state index contributed by atoms with van der Waals surface area (Å²) >= 11 is 3.47. The maximum atomic E-state index is 12.5. The quantitative estimate of drug-likeness (QED) is 0.657. The third-order valence-corrected chi connectivity index (χ3v) is 4.86. The molecule has 5 nitrogen and oxygen atoms in total. The van der Waals surface area contributed by atoms with E-state index in [1.165, 1.54) is 0 Å². The number of hydrogen-bond acceptors (Lipinski definition) is 4. The molecule has 0 radical (unpaired) electrons. The van der Waals surface area contributed by atoms with Crippen LogP contribution in [-0.4, -0.2) is 31.1 Å². The molecule has 2 fully saturated rings. The van der Waals surface area contributed by atoms with Crippen molar-refractivity contribution in [2.45, 2.75) is 31.5 Å². The van der Waals surface area contributed by atoms with E-state index in [1.54, 1.807) is 0 Å². The van der Waals surface area contributed by atoms with E-state index in [4.69, 9.17) is 0 Å². The Morgan fingerprint density at radius 1 is 1.43 bits per heavy atom. The van der Waals surface area contributed by atoms with Crippen molar-refractivity contribution >= 4 is 21.8 Å². The van der Waals surface area contributed by atoms with Gasteiger partial charge in [-0.2, -0.15) is 0 Å². The Kier molecular flexibility index (Phi) is 4.59. The zero-order valence-electron chi connectivity index (χ0n) is 12.0. The van der Waals surface area contributed by atoms with Gasteiger partial charge in [-0.05, 0) is 37.6 Å². The molecule has 0 aliphatic carbocycles. The van der Waals surface area contributed by atoms with Gasteiger partial charge in [0.25, 0.3) is 0 Å². The summed E-state index contributed by atoms with van der Waals surface area (Å²) in [6.45, 7) is 3.91. The Morgan fingerprint density at radius 3 is 3.10 bits per heavy atom. The first-order chi connectivity index (χ1) is 10.1. The number of fused-ring (bicyclic) bond motifs is 1. The fourth-order valence-electron chi connectivity index (χ4n) is 3.14. The number of piperidine rings is 1. The van der Waals surface area contributed by atoms with Crippen LogP contribution in [-0.2, 0) is 4.79 Å². The molecule has 2 aliphatic heterocycles. The van der Waals surface area contributed by atoms with Crippen molar-refractivity contribution in [2.24, 2.45) is 5.92 Å². The zero-order valence-corrected chi connectivity index (χ0v) is 13.6. The molecular weight excluding hydrogens is 332 g/mol. The average molecular weight is 353 g/mol. The van der Waals surface area contributed by atoms with Gasteiger partial charge in [0, 0.05) is 23.0 Å². The normalized spacial score (nSPS) is 29.7. The van der Waals surface area contributed by atoms with Gasteiger partial charge in [0.1, 0.15) is 6.04 Å². The monoisotopic (exact) mass is 352 g/mol. The topological polar surface area (TPSA) is 65.2 Å². The highest BCUT2D eigenvalue weighted by Gasteiger charge is 2.41. The number of hydrogen-bond donors (Lipinski definition) is 4. The molecular formula is C15H21BrN4O. The van der Waals surface area contributed by atoms with Crippen LogP contribution in [0.3, 0.4) is 0 Å². The van der Waals surface area contributed by atoms with Gasteiger partial charge in [-0.25, -0.2) is 5.43 Å². The molecule has 0 spiro atoms. The Balaban J connectivity index is 1.63. The van der Waals surface area contributed by atoms with Crippen molar-refractivity contribution in [3.63, 3.8) is 0 Å². The molecule has 4 N–H and O–H groups in total. The molecule has 4 atom stereocenters. The highest BCUT2D eigenvalue weighted by Crippen LogP contribution is 2.22. The predicted octanol–water partition coefficient (Wildman–Crippen LogP) is 1.08. The number of rotatable bonds is 3. The molecule has 2 heterocycles. The van der Waals surface area contributed by atoms with E-state index in [1.807, 2.05) is 31.2 Å². The van der Waals surface area contributed by atoms with Crippen LogP contribution < -0.4 is 21.5 Å². The lowest BCUT2D eigenvalue weighted by Crippen LogP contribution is -2.49. The third kappa shape index (κ3) is 3.29. The highest BCUT2D eigenvalue weighted by atomic mass is 79.9. The molecule has 21 heavy (non-hydrogen) atoms. The van der Waals surface area contributed by atoms with E-state index < -0.39 is 0 Å². The second kappa shape index (κ2) is 6.44. The molecule has 1 aromatic carbocycles. The Labute approximate surface area is 133 Å². The second-order valence-electron chi connectivity index (χ2n) is 5.81. The van der Waals surface area contributed by atoms with E-state index in [2.05, 4.69) is 37.4 Å². The fraction of sp³-hybridized carbons (Fsp3) is 0.533. The number of amides is 1. The minimum atomic E-state index is -0.169. The maximum Gasteiger partial charge on any atom is 0.239 e. The summed E-state index contributed by atoms with van der Waals surface area (Å²) < 4.78 is 1.03. The maximum absolute atomic E-state index is 12.5. The summed E-state index contributed by atoms with van der Waals surface area (Å²) in [4.78, 5) is 12.5. The SMILES string of the molecule is CC(NC(=O)C1NNC2CCNCC21)c1cccc(Br)c1. The van der Waals surface area contributed by atoms with E-state index in [-0.39, 0.29) is 18.0 Å². The summed E-state index contributed by atoms with van der Waals surface area (Å²) in [6.07, 6.45) is 1.06. The summed E-state index contributed by atoms with van der Waals surface area (Å²) in [5.41, 5.74) is 7.51. The Hall–Kier alpha value is -0.950. The fourth-order valence-corrected chi connectivity index (χ4v) is 3.56. The van der Waals surface area contributed by atoms with Crippen LogP contribution in [0.4, 0.5) is 0 Å². The standard InChI is InChI=1S/C15H21BrN4O/c1-9(10-3-2-4-11(16)7-10)18-15(21)14-12-8-17-6-5-13(12)19-20-14/h2-4,7,9,12-14,17,19-20H,5-6,8H2,1H3,(H,18,21). The van der Waals surface area contributed by atoms with Gasteiger partial charge in [0.15, 0.2) is 0 Å². The van der Waals surface area contributed by atoms with Crippen molar-refractivity contribution < 1.29 is 4.79 Å². The minimum Gasteiger partial charge on any atom is -0.348 e. The lowest BCUT2D eigenvalue weighted by Gasteiger charge is -2.28. The average Bonchev–Trinajstić information content (AvgIpc) is 2.91. The van der Waals surface area contributed by atoms with Crippen LogP contribution in [0, 0.1) is 5.92 Å². The van der Waals surface area contributed by atoms with Crippen LogP contribution in [0.15, 0.2) is 28.7 Å². The summed E-state index contributed by atoms with van der Waals surface area (Å²) in [5, 5.41) is 6.48. The number of hydrazine groups is 1. The van der Waals surface area contributed by atoms with Crippen LogP contribution in [0.25, 0.3) is 0 Å². The molecule has 3 rings (SSSR count). The number of nitrogens with one attached hydrogen (secondary N) is 4. The van der Waals surface area contributed by atoms with Gasteiger partial charge in [-0.1, -0.05) is 28.1 Å². The Morgan fingerprint density at radius 2 is 2.29 bits per heavy atom. The molecule has 1 amide bonds. The van der Waals surface area contributed by atoms with Gasteiger partial charge in [-0.15, -0.1) is 0 Å². The number of carbonyl (C=O) groups excluding carboxylic acids is 1. The van der Waals surface area contributed by atoms with Crippen LogP contribution in [0.5, 0.6) is 0 Å². The van der Waals surface area contributed by atoms with Crippen LogP contribution in [0.1, 0.15) is 24.9 Å². The molecule has 2 aliphatic rings. The van der Waals surface area contributed by atoms with E-state index >= 15 is 0 Å². The van der Waals surface area contributed by atoms with Crippen molar-refractivity contribution in [3.05, 3.63) is 34.3 Å². The van der Waals surface area contributed by atoms with Gasteiger partial charge in [-0.3, -0.25) is 10.2 Å². The number of halogens is 1. The number of carbonyl (C=O) groups is 1. The van der Waals surface area contributed by atoms with Crippen LogP contribution >= 0.6 is 15.9 Å². The first-order valence-corrected chi connectivity index (χ1v) is 8.22. The summed E-state index contributed by atoms with van der Waals surface area (Å²) in [6, 6.07) is 8.25. The largest absolute Gasteiger partial charge is 0.348 e. The van der Waals surface area contributed by atoms with Gasteiger partial charge >= 0.3 is 0 Å². The summed E-state index contributed by atoms with van der Waals surface area (Å²) in [7, 11) is 0. The van der Waals surface area contributed by atoms with Crippen molar-refractivity contribution in [2.75, 3.05) is 13.1 Å². The lowest BCUT2D eigenvalue weighted by atomic mass is 9.89. The molecule has 0 bridgehead atoms. The number of benzene rings is 1. The molecule has 0 aromatic heterocycles. The van der Waals surface area contributed by atoms with E-state index in [0.29, 0.717) is 12.0 Å². The van der Waals surface area contributed by atoms with Crippen LogP contribution in [0.2, 0.25) is 0 Å². The van der Waals surface area contributed by atoms with Crippen molar-refractivity contribution in [3.8, 4) is 0 Å². The highest BCUT2D eigenvalue weighted by molar-refractivity contribution is 9.10. The lowest BCUT2D eigenvalue weighted by molar-refractivity contribution is -0.124. The van der Waals surface area contributed by atoms with Crippen molar-refractivity contribution in [1.82, 2.24) is 21.5 Å². The van der Waals surface area contributed by atoms with Gasteiger partial charge < -0.3 is 10.6 Å². The molecule has 114 valence electrons. The predicted molar refractivity (Wildman–Crippen MR) is 85.5 cm³/mol. The Bertz CT molecular complexity index is 524. The second-order valence-corrected chi connectivity index (χ2v) is 6.73. The van der Waals surface area contributed by atoms with Gasteiger partial charge in [0.2, 0.25) is 5.91 Å².